The highest BCUT2D eigenvalue weighted by molar-refractivity contribution is 5.84. The zero-order valence-corrected chi connectivity index (χ0v) is 13.7. The van der Waals surface area contributed by atoms with E-state index in [9.17, 15) is 27.2 Å². The molecule has 1 aromatic rings. The van der Waals surface area contributed by atoms with Gasteiger partial charge in [0.05, 0.1) is 12.5 Å². The smallest absolute Gasteiger partial charge is 0.330 e. The number of carbonyl (C=O) groups excluding carboxylic acids is 2. The lowest BCUT2D eigenvalue weighted by Crippen LogP contribution is -2.16. The predicted octanol–water partition coefficient (Wildman–Crippen LogP) is 3.54. The lowest BCUT2D eigenvalue weighted by atomic mass is 10.1. The van der Waals surface area contributed by atoms with Crippen LogP contribution in [0.4, 0.5) is 17.6 Å². The molecule has 2 unspecified atom stereocenters. The van der Waals surface area contributed by atoms with Gasteiger partial charge in [-0.2, -0.15) is 8.78 Å². The van der Waals surface area contributed by atoms with Crippen LogP contribution in [-0.2, 0) is 14.3 Å². The van der Waals surface area contributed by atoms with Crippen molar-refractivity contribution in [3.63, 3.8) is 0 Å². The van der Waals surface area contributed by atoms with Crippen LogP contribution >= 0.6 is 0 Å². The van der Waals surface area contributed by atoms with Gasteiger partial charge in [0.25, 0.3) is 0 Å². The number of halogens is 4. The molecule has 0 N–H and O–H groups in total. The number of hydrogen-bond donors (Lipinski definition) is 0. The van der Waals surface area contributed by atoms with Gasteiger partial charge in [0.2, 0.25) is 17.4 Å². The van der Waals surface area contributed by atoms with Gasteiger partial charge in [-0.05, 0) is 18.3 Å². The summed E-state index contributed by atoms with van der Waals surface area (Å²) in [5, 5.41) is 0. The molecule has 25 heavy (non-hydrogen) atoms. The third-order valence-corrected chi connectivity index (χ3v) is 4.17. The highest BCUT2D eigenvalue weighted by Gasteiger charge is 2.61. The number of carbonyl (C=O) groups is 2. The standard InChI is InChI=1S/C17H16F4O4/c1-4-24-11(22)6-5-8-12(17(8,2)3)16(23)25-15-13(20)9(18)7-10(19)14(15)21/h5-8,12H,4H2,1-3H3. The van der Waals surface area contributed by atoms with Crippen molar-refractivity contribution in [2.24, 2.45) is 17.3 Å². The number of benzene rings is 1. The Morgan fingerprint density at radius 2 is 1.72 bits per heavy atom. The first-order chi connectivity index (χ1) is 11.6. The second kappa shape index (κ2) is 6.85. The summed E-state index contributed by atoms with van der Waals surface area (Å²) < 4.78 is 62.8. The van der Waals surface area contributed by atoms with Gasteiger partial charge in [-0.15, -0.1) is 0 Å². The Morgan fingerprint density at radius 3 is 2.24 bits per heavy atom. The molecule has 1 fully saturated rings. The summed E-state index contributed by atoms with van der Waals surface area (Å²) >= 11 is 0. The van der Waals surface area contributed by atoms with E-state index < -0.39 is 58.2 Å². The van der Waals surface area contributed by atoms with Crippen LogP contribution in [0.15, 0.2) is 18.2 Å². The van der Waals surface area contributed by atoms with Crippen LogP contribution in [0.3, 0.4) is 0 Å². The van der Waals surface area contributed by atoms with Crippen molar-refractivity contribution in [1.29, 1.82) is 0 Å². The van der Waals surface area contributed by atoms with Gasteiger partial charge in [-0.3, -0.25) is 4.79 Å². The predicted molar refractivity (Wildman–Crippen MR) is 78.4 cm³/mol. The van der Waals surface area contributed by atoms with E-state index in [0.717, 1.165) is 6.08 Å². The average Bonchev–Trinajstić information content (AvgIpc) is 3.09. The molecule has 0 radical (unpaired) electrons. The van der Waals surface area contributed by atoms with E-state index in [1.165, 1.54) is 6.08 Å². The molecule has 0 spiro atoms. The molecule has 2 atom stereocenters. The highest BCUT2D eigenvalue weighted by atomic mass is 19.2. The first kappa shape index (κ1) is 19.0. The molecule has 0 heterocycles. The van der Waals surface area contributed by atoms with Crippen LogP contribution in [0.25, 0.3) is 0 Å². The molecule has 0 aliphatic heterocycles. The van der Waals surface area contributed by atoms with Crippen LogP contribution in [0.2, 0.25) is 0 Å². The van der Waals surface area contributed by atoms with E-state index in [-0.39, 0.29) is 12.7 Å². The fourth-order valence-electron chi connectivity index (χ4n) is 2.66. The fourth-order valence-corrected chi connectivity index (χ4v) is 2.66. The molecular formula is C17H16F4O4. The zero-order valence-electron chi connectivity index (χ0n) is 13.7. The summed E-state index contributed by atoms with van der Waals surface area (Å²) in [7, 11) is 0. The second-order valence-corrected chi connectivity index (χ2v) is 6.15. The Hall–Kier alpha value is -2.38. The minimum Gasteiger partial charge on any atom is -0.463 e. The Balaban J connectivity index is 2.16. The van der Waals surface area contributed by atoms with Crippen LogP contribution < -0.4 is 4.74 Å². The highest BCUT2D eigenvalue weighted by Crippen LogP contribution is 2.59. The molecule has 0 bridgehead atoms. The molecule has 1 aliphatic carbocycles. The SMILES string of the molecule is CCOC(=O)C=CC1C(C(=O)Oc2c(F)c(F)cc(F)c2F)C1(C)C. The van der Waals surface area contributed by atoms with E-state index >= 15 is 0 Å². The molecule has 1 saturated carbocycles. The van der Waals surface area contributed by atoms with Crippen LogP contribution in [0.1, 0.15) is 20.8 Å². The third kappa shape index (κ3) is 3.67. The fraction of sp³-hybridized carbons (Fsp3) is 0.412. The monoisotopic (exact) mass is 360 g/mol. The lowest BCUT2D eigenvalue weighted by molar-refractivity contribution is -0.138. The molecule has 136 valence electrons. The lowest BCUT2D eigenvalue weighted by Gasteiger charge is -2.08. The molecule has 1 aromatic carbocycles. The molecule has 8 heteroatoms. The van der Waals surface area contributed by atoms with Gasteiger partial charge in [0.1, 0.15) is 0 Å². The van der Waals surface area contributed by atoms with Crippen LogP contribution in [0, 0.1) is 40.5 Å². The van der Waals surface area contributed by atoms with Gasteiger partial charge in [-0.25, -0.2) is 13.6 Å². The number of hydrogen-bond acceptors (Lipinski definition) is 4. The molecule has 0 amide bonds. The van der Waals surface area contributed by atoms with Gasteiger partial charge in [0, 0.05) is 12.1 Å². The first-order valence-electron chi connectivity index (χ1n) is 7.50. The number of esters is 2. The second-order valence-electron chi connectivity index (χ2n) is 6.15. The van der Waals surface area contributed by atoms with Crippen molar-refractivity contribution in [3.8, 4) is 5.75 Å². The van der Waals surface area contributed by atoms with Crippen molar-refractivity contribution >= 4 is 11.9 Å². The third-order valence-electron chi connectivity index (χ3n) is 4.17. The summed E-state index contributed by atoms with van der Waals surface area (Å²) in [6, 6.07) is 0.0218. The van der Waals surface area contributed by atoms with Gasteiger partial charge < -0.3 is 9.47 Å². The van der Waals surface area contributed by atoms with Gasteiger partial charge in [-0.1, -0.05) is 19.9 Å². The van der Waals surface area contributed by atoms with Crippen LogP contribution in [0.5, 0.6) is 5.75 Å². The first-order valence-corrected chi connectivity index (χ1v) is 7.50. The molecule has 4 nitrogen and oxygen atoms in total. The summed E-state index contributed by atoms with van der Waals surface area (Å²) in [5.41, 5.74) is -0.654. The summed E-state index contributed by atoms with van der Waals surface area (Å²) in [5.74, 6) is -11.3. The summed E-state index contributed by atoms with van der Waals surface area (Å²) in [6.07, 6.45) is 2.58. The molecule has 2 rings (SSSR count). The van der Waals surface area contributed by atoms with E-state index in [4.69, 9.17) is 4.74 Å². The van der Waals surface area contributed by atoms with Crippen molar-refractivity contribution in [2.75, 3.05) is 6.61 Å². The summed E-state index contributed by atoms with van der Waals surface area (Å²) in [6.45, 7) is 5.18. The number of rotatable bonds is 5. The molecular weight excluding hydrogens is 344 g/mol. The minimum atomic E-state index is -1.79. The Labute approximate surface area is 141 Å². The minimum absolute atomic E-state index is 0.0218. The maximum atomic E-state index is 13.6. The van der Waals surface area contributed by atoms with E-state index in [2.05, 4.69) is 4.74 Å². The Kier molecular flexibility index (Phi) is 5.20. The normalized spacial score (nSPS) is 21.2. The molecule has 0 saturated heterocycles. The van der Waals surface area contributed by atoms with E-state index in [1.54, 1.807) is 20.8 Å². The van der Waals surface area contributed by atoms with Crippen molar-refractivity contribution < 1.29 is 36.6 Å². The topological polar surface area (TPSA) is 52.6 Å². The molecule has 0 aromatic heterocycles. The van der Waals surface area contributed by atoms with Gasteiger partial charge in [0.15, 0.2) is 11.6 Å². The van der Waals surface area contributed by atoms with Crippen molar-refractivity contribution in [2.45, 2.75) is 20.8 Å². The van der Waals surface area contributed by atoms with Crippen LogP contribution in [-0.4, -0.2) is 18.5 Å². The Morgan fingerprint density at radius 1 is 1.16 bits per heavy atom. The number of ether oxygens (including phenoxy) is 2. The number of allylic oxidation sites excluding steroid dienone is 1. The largest absolute Gasteiger partial charge is 0.463 e. The van der Waals surface area contributed by atoms with Gasteiger partial charge >= 0.3 is 11.9 Å². The molecule has 1 aliphatic rings. The Bertz CT molecular complexity index is 716. The quantitative estimate of drug-likeness (QED) is 0.265. The maximum absolute atomic E-state index is 13.6. The maximum Gasteiger partial charge on any atom is 0.330 e. The average molecular weight is 360 g/mol. The zero-order chi connectivity index (χ0) is 18.9. The summed E-state index contributed by atoms with van der Waals surface area (Å²) in [4.78, 5) is 23.5. The van der Waals surface area contributed by atoms with Crippen molar-refractivity contribution in [3.05, 3.63) is 41.5 Å². The van der Waals surface area contributed by atoms with E-state index in [0.29, 0.717) is 0 Å². The van der Waals surface area contributed by atoms with E-state index in [1.807, 2.05) is 0 Å². The van der Waals surface area contributed by atoms with Crippen molar-refractivity contribution in [1.82, 2.24) is 0 Å².